The summed E-state index contributed by atoms with van der Waals surface area (Å²) in [7, 11) is 0. The van der Waals surface area contributed by atoms with Gasteiger partial charge in [0.05, 0.1) is 21.2 Å². The molecule has 24 heavy (non-hydrogen) atoms. The molecule has 2 N–H and O–H groups in total. The normalized spacial score (nSPS) is 11.0. The van der Waals surface area contributed by atoms with Crippen LogP contribution in [0.15, 0.2) is 36.5 Å². The molecule has 2 aromatic rings. The summed E-state index contributed by atoms with van der Waals surface area (Å²) in [6, 6.07) is 3.85. The summed E-state index contributed by atoms with van der Waals surface area (Å²) in [6.07, 6.45) is -3.66. The number of carbonyl (C=O) groups excluding carboxylic acids is 1. The summed E-state index contributed by atoms with van der Waals surface area (Å²) in [5.74, 6) is -0.0267. The van der Waals surface area contributed by atoms with E-state index in [4.69, 9.17) is 11.6 Å². The Balaban J connectivity index is 2.11. The molecule has 0 aliphatic carbocycles. The van der Waals surface area contributed by atoms with Crippen molar-refractivity contribution in [2.24, 2.45) is 0 Å². The molecule has 0 radical (unpaired) electrons. The molecule has 1 heterocycles. The van der Waals surface area contributed by atoms with Crippen molar-refractivity contribution < 1.29 is 22.9 Å². The molecule has 126 valence electrons. The Hall–Kier alpha value is -2.88. The Bertz CT molecular complexity index is 781. The summed E-state index contributed by atoms with van der Waals surface area (Å²) in [5, 5.41) is 14.8. The van der Waals surface area contributed by atoms with E-state index < -0.39 is 22.7 Å². The minimum absolute atomic E-state index is 0.0267. The number of benzene rings is 1. The van der Waals surface area contributed by atoms with Crippen molar-refractivity contribution in [3.63, 3.8) is 0 Å². The molecule has 7 nitrogen and oxygen atoms in total. The molecule has 11 heteroatoms. The molecular weight excluding hydrogens is 353 g/mol. The largest absolute Gasteiger partial charge is 0.416 e. The Morgan fingerprint density at radius 3 is 2.46 bits per heavy atom. The van der Waals surface area contributed by atoms with Gasteiger partial charge in [0.25, 0.3) is 5.69 Å². The lowest BCUT2D eigenvalue weighted by atomic mass is 10.2. The lowest BCUT2D eigenvalue weighted by Gasteiger charge is -2.12. The van der Waals surface area contributed by atoms with Crippen molar-refractivity contribution in [3.05, 3.63) is 57.2 Å². The number of urea groups is 1. The quantitative estimate of drug-likeness (QED) is 0.629. The summed E-state index contributed by atoms with van der Waals surface area (Å²) in [4.78, 5) is 25.2. The predicted octanol–water partition coefficient (Wildman–Crippen LogP) is 4.31. The number of nitro groups is 1. The van der Waals surface area contributed by atoms with E-state index in [1.807, 2.05) is 0 Å². The average molecular weight is 361 g/mol. The van der Waals surface area contributed by atoms with Crippen LogP contribution in [0.2, 0.25) is 5.02 Å². The Morgan fingerprint density at radius 2 is 1.92 bits per heavy atom. The summed E-state index contributed by atoms with van der Waals surface area (Å²) in [6.45, 7) is 0. The number of carbonyl (C=O) groups is 1. The van der Waals surface area contributed by atoms with Gasteiger partial charge >= 0.3 is 12.2 Å². The maximum absolute atomic E-state index is 12.7. The van der Waals surface area contributed by atoms with Gasteiger partial charge in [-0.15, -0.1) is 0 Å². The van der Waals surface area contributed by atoms with Crippen LogP contribution in [0.25, 0.3) is 0 Å². The van der Waals surface area contributed by atoms with Crippen molar-refractivity contribution >= 4 is 34.8 Å². The lowest BCUT2D eigenvalue weighted by Crippen LogP contribution is -2.20. The molecular formula is C13H8ClF3N4O3. The number of aromatic nitrogens is 1. The van der Waals surface area contributed by atoms with Crippen molar-refractivity contribution in [2.45, 2.75) is 6.18 Å². The monoisotopic (exact) mass is 360 g/mol. The molecule has 0 aliphatic heterocycles. The summed E-state index contributed by atoms with van der Waals surface area (Å²) < 4.78 is 38.0. The topological polar surface area (TPSA) is 97.2 Å². The van der Waals surface area contributed by atoms with Crippen molar-refractivity contribution in [1.82, 2.24) is 4.98 Å². The summed E-state index contributed by atoms with van der Waals surface area (Å²) >= 11 is 5.75. The van der Waals surface area contributed by atoms with Crippen molar-refractivity contribution in [2.75, 3.05) is 10.6 Å². The van der Waals surface area contributed by atoms with Crippen LogP contribution in [0.4, 0.5) is 35.2 Å². The molecule has 2 rings (SSSR count). The first-order valence-corrected chi connectivity index (χ1v) is 6.60. The number of alkyl halides is 3. The zero-order valence-electron chi connectivity index (χ0n) is 11.6. The van der Waals surface area contributed by atoms with Crippen LogP contribution >= 0.6 is 11.6 Å². The van der Waals surface area contributed by atoms with Gasteiger partial charge < -0.3 is 5.32 Å². The Labute approximate surface area is 137 Å². The van der Waals surface area contributed by atoms with Gasteiger partial charge in [-0.05, 0) is 24.3 Å². The van der Waals surface area contributed by atoms with Gasteiger partial charge in [-0.2, -0.15) is 13.2 Å². The van der Waals surface area contributed by atoms with Gasteiger partial charge in [0, 0.05) is 6.07 Å². The highest BCUT2D eigenvalue weighted by Crippen LogP contribution is 2.33. The SMILES string of the molecule is O=C(Nc1ccc([N+](=O)[O-])cn1)Nc1cc(C(F)(F)F)ccc1Cl. The van der Waals surface area contributed by atoms with E-state index in [9.17, 15) is 28.1 Å². The second kappa shape index (κ2) is 6.71. The third kappa shape index (κ3) is 4.32. The highest BCUT2D eigenvalue weighted by molar-refractivity contribution is 6.33. The average Bonchev–Trinajstić information content (AvgIpc) is 2.48. The van der Waals surface area contributed by atoms with Gasteiger partial charge in [0.2, 0.25) is 0 Å². The maximum Gasteiger partial charge on any atom is 0.416 e. The van der Waals surface area contributed by atoms with Crippen LogP contribution in [0.3, 0.4) is 0 Å². The van der Waals surface area contributed by atoms with Gasteiger partial charge in [-0.1, -0.05) is 11.6 Å². The molecule has 0 unspecified atom stereocenters. The Morgan fingerprint density at radius 1 is 1.21 bits per heavy atom. The fourth-order valence-corrected chi connectivity index (χ4v) is 1.80. The number of nitrogens with zero attached hydrogens (tertiary/aromatic N) is 2. The first-order chi connectivity index (χ1) is 11.2. The van der Waals surface area contributed by atoms with Crippen molar-refractivity contribution in [3.8, 4) is 0 Å². The van der Waals surface area contributed by atoms with Crippen LogP contribution in [-0.4, -0.2) is 15.9 Å². The third-order valence-corrected chi connectivity index (χ3v) is 3.07. The number of hydrogen-bond acceptors (Lipinski definition) is 4. The van der Waals surface area contributed by atoms with E-state index in [-0.39, 0.29) is 22.2 Å². The number of rotatable bonds is 3. The molecule has 1 aromatic carbocycles. The smallest absolute Gasteiger partial charge is 0.306 e. The molecule has 0 saturated carbocycles. The van der Waals surface area contributed by atoms with Gasteiger partial charge in [0.1, 0.15) is 12.0 Å². The van der Waals surface area contributed by atoms with Gasteiger partial charge in [-0.25, -0.2) is 9.78 Å². The lowest BCUT2D eigenvalue weighted by molar-refractivity contribution is -0.385. The van der Waals surface area contributed by atoms with E-state index in [0.717, 1.165) is 24.4 Å². The number of halogens is 4. The molecule has 0 aliphatic rings. The minimum Gasteiger partial charge on any atom is -0.306 e. The summed E-state index contributed by atoms with van der Waals surface area (Å²) in [5.41, 5.74) is -1.50. The fourth-order valence-electron chi connectivity index (χ4n) is 1.64. The van der Waals surface area contributed by atoms with Crippen LogP contribution in [-0.2, 0) is 6.18 Å². The zero-order chi connectivity index (χ0) is 17.9. The van der Waals surface area contributed by atoms with Crippen LogP contribution < -0.4 is 10.6 Å². The van der Waals surface area contributed by atoms with Crippen molar-refractivity contribution in [1.29, 1.82) is 0 Å². The highest BCUT2D eigenvalue weighted by Gasteiger charge is 2.31. The fraction of sp³-hybridized carbons (Fsp3) is 0.0769. The van der Waals surface area contributed by atoms with Gasteiger partial charge in [0.15, 0.2) is 0 Å². The van der Waals surface area contributed by atoms with E-state index in [1.165, 1.54) is 6.07 Å². The first-order valence-electron chi connectivity index (χ1n) is 6.22. The van der Waals surface area contributed by atoms with Gasteiger partial charge in [-0.3, -0.25) is 15.4 Å². The predicted molar refractivity (Wildman–Crippen MR) is 80.0 cm³/mol. The molecule has 0 saturated heterocycles. The maximum atomic E-state index is 12.7. The standard InChI is InChI=1S/C13H8ClF3N4O3/c14-9-3-1-7(13(15,16)17)5-10(9)19-12(22)20-11-4-2-8(6-18-11)21(23)24/h1-6H,(H2,18,19,20,22). The molecule has 1 aromatic heterocycles. The second-order valence-electron chi connectivity index (χ2n) is 4.43. The van der Waals surface area contributed by atoms with E-state index in [1.54, 1.807) is 0 Å². The molecule has 0 atom stereocenters. The van der Waals surface area contributed by atoms with Crippen LogP contribution in [0.5, 0.6) is 0 Å². The zero-order valence-corrected chi connectivity index (χ0v) is 12.4. The number of anilines is 2. The number of pyridine rings is 1. The van der Waals surface area contributed by atoms with E-state index >= 15 is 0 Å². The molecule has 0 fully saturated rings. The molecule has 2 amide bonds. The number of hydrogen-bond donors (Lipinski definition) is 2. The highest BCUT2D eigenvalue weighted by atomic mass is 35.5. The Kier molecular flexibility index (Phi) is 4.88. The van der Waals surface area contributed by atoms with Crippen LogP contribution in [0.1, 0.15) is 5.56 Å². The number of amides is 2. The van der Waals surface area contributed by atoms with E-state index in [0.29, 0.717) is 6.07 Å². The van der Waals surface area contributed by atoms with E-state index in [2.05, 4.69) is 15.6 Å². The molecule has 0 bridgehead atoms. The molecule has 0 spiro atoms. The third-order valence-electron chi connectivity index (χ3n) is 2.74. The second-order valence-corrected chi connectivity index (χ2v) is 4.84. The minimum atomic E-state index is -4.59. The van der Waals surface area contributed by atoms with Crippen LogP contribution in [0, 0.1) is 10.1 Å². The first kappa shape index (κ1) is 17.5. The number of nitrogens with one attached hydrogen (secondary N) is 2.